The Labute approximate surface area is 122 Å². The number of aryl methyl sites for hydroxylation is 1. The normalized spacial score (nSPS) is 10.5. The third-order valence-electron chi connectivity index (χ3n) is 3.32. The third-order valence-corrected chi connectivity index (χ3v) is 3.32. The van der Waals surface area contributed by atoms with E-state index in [0.29, 0.717) is 0 Å². The number of fused-ring (bicyclic) bond motifs is 1. The Morgan fingerprint density at radius 1 is 1.10 bits per heavy atom. The van der Waals surface area contributed by atoms with E-state index in [1.54, 1.807) is 12.1 Å². The van der Waals surface area contributed by atoms with Crippen LogP contribution in [0.25, 0.3) is 10.9 Å². The molecule has 0 radical (unpaired) electrons. The Hall–Kier alpha value is -2.88. The van der Waals surface area contributed by atoms with Gasteiger partial charge in [0.2, 0.25) is 0 Å². The van der Waals surface area contributed by atoms with Gasteiger partial charge < -0.3 is 15.2 Å². The highest BCUT2D eigenvalue weighted by Crippen LogP contribution is 2.22. The molecule has 0 fully saturated rings. The maximum atomic E-state index is 10.7. The number of carbonyl (C=O) groups is 1. The summed E-state index contributed by atoms with van der Waals surface area (Å²) in [5.74, 6) is -0.450. The highest BCUT2D eigenvalue weighted by Gasteiger charge is 2.03. The number of carbonyl (C=O) groups excluding carboxylic acids is 1. The summed E-state index contributed by atoms with van der Waals surface area (Å²) in [4.78, 5) is 15.3. The average Bonchev–Trinajstić information content (AvgIpc) is 2.48. The van der Waals surface area contributed by atoms with Crippen LogP contribution in [0.2, 0.25) is 0 Å². The number of para-hydroxylation sites is 1. The van der Waals surface area contributed by atoms with Crippen molar-refractivity contribution < 1.29 is 9.90 Å². The second kappa shape index (κ2) is 5.25. The number of pyridine rings is 1. The molecule has 2 aromatic carbocycles. The summed E-state index contributed by atoms with van der Waals surface area (Å²) < 4.78 is 0. The van der Waals surface area contributed by atoms with Crippen molar-refractivity contribution in [2.75, 3.05) is 5.32 Å². The highest BCUT2D eigenvalue weighted by atomic mass is 16.4. The Kier molecular flexibility index (Phi) is 3.28. The van der Waals surface area contributed by atoms with Crippen LogP contribution in [0.4, 0.5) is 11.5 Å². The number of carboxylic acid groups (broad SMARTS) is 1. The zero-order valence-corrected chi connectivity index (χ0v) is 11.5. The fourth-order valence-corrected chi connectivity index (χ4v) is 2.25. The van der Waals surface area contributed by atoms with Gasteiger partial charge in [0.15, 0.2) is 0 Å². The Morgan fingerprint density at radius 3 is 2.52 bits per heavy atom. The summed E-state index contributed by atoms with van der Waals surface area (Å²) in [6.45, 7) is 2.04. The fraction of sp³-hybridized carbons (Fsp3) is 0.0588. The standard InChI is InChI=1S/C17H14N2O2/c1-11-10-16(19-15-5-3-2-4-14(11)15)18-13-8-6-12(7-9-13)17(20)21/h2-10H,1H3,(H,18,19)(H,20,21)/p-1. The van der Waals surface area contributed by atoms with Crippen LogP contribution in [0.15, 0.2) is 54.6 Å². The van der Waals surface area contributed by atoms with E-state index in [0.717, 1.165) is 28.0 Å². The van der Waals surface area contributed by atoms with Gasteiger partial charge in [-0.3, -0.25) is 0 Å². The van der Waals surface area contributed by atoms with Crippen molar-refractivity contribution in [1.29, 1.82) is 0 Å². The largest absolute Gasteiger partial charge is 0.545 e. The van der Waals surface area contributed by atoms with Crippen LogP contribution in [0.3, 0.4) is 0 Å². The van der Waals surface area contributed by atoms with Crippen molar-refractivity contribution in [2.45, 2.75) is 6.92 Å². The van der Waals surface area contributed by atoms with E-state index in [-0.39, 0.29) is 5.56 Å². The van der Waals surface area contributed by atoms with Crippen molar-refractivity contribution in [1.82, 2.24) is 4.98 Å². The molecule has 4 heteroatoms. The third kappa shape index (κ3) is 2.69. The number of anilines is 2. The van der Waals surface area contributed by atoms with Crippen LogP contribution in [0, 0.1) is 6.92 Å². The van der Waals surface area contributed by atoms with E-state index in [2.05, 4.69) is 10.3 Å². The fourth-order valence-electron chi connectivity index (χ4n) is 2.25. The molecule has 104 valence electrons. The number of rotatable bonds is 3. The van der Waals surface area contributed by atoms with Gasteiger partial charge in [-0.15, -0.1) is 0 Å². The minimum atomic E-state index is -1.18. The summed E-state index contributed by atoms with van der Waals surface area (Å²) in [5.41, 5.74) is 2.99. The molecule has 0 aliphatic rings. The highest BCUT2D eigenvalue weighted by molar-refractivity contribution is 5.87. The van der Waals surface area contributed by atoms with Crippen LogP contribution in [0.5, 0.6) is 0 Å². The van der Waals surface area contributed by atoms with Crippen molar-refractivity contribution in [3.63, 3.8) is 0 Å². The van der Waals surface area contributed by atoms with E-state index >= 15 is 0 Å². The molecule has 0 saturated heterocycles. The van der Waals surface area contributed by atoms with E-state index in [1.165, 1.54) is 12.1 Å². The monoisotopic (exact) mass is 277 g/mol. The lowest BCUT2D eigenvalue weighted by Gasteiger charge is -2.10. The van der Waals surface area contributed by atoms with Crippen molar-refractivity contribution in [3.05, 3.63) is 65.7 Å². The van der Waals surface area contributed by atoms with Crippen molar-refractivity contribution in [2.24, 2.45) is 0 Å². The van der Waals surface area contributed by atoms with Gasteiger partial charge in [-0.2, -0.15) is 0 Å². The topological polar surface area (TPSA) is 65.0 Å². The lowest BCUT2D eigenvalue weighted by molar-refractivity contribution is -0.255. The smallest absolute Gasteiger partial charge is 0.131 e. The van der Waals surface area contributed by atoms with Crippen LogP contribution < -0.4 is 10.4 Å². The number of benzene rings is 2. The Bertz CT molecular complexity index is 811. The molecule has 3 rings (SSSR count). The maximum absolute atomic E-state index is 10.7. The molecular formula is C17H13N2O2-. The number of nitrogens with zero attached hydrogens (tertiary/aromatic N) is 1. The zero-order chi connectivity index (χ0) is 14.8. The minimum Gasteiger partial charge on any atom is -0.545 e. The number of hydrogen-bond donors (Lipinski definition) is 1. The minimum absolute atomic E-state index is 0.156. The van der Waals surface area contributed by atoms with E-state index in [9.17, 15) is 9.90 Å². The second-order valence-electron chi connectivity index (χ2n) is 4.83. The van der Waals surface area contributed by atoms with Crippen LogP contribution in [-0.4, -0.2) is 11.0 Å². The van der Waals surface area contributed by atoms with Gasteiger partial charge in [0.1, 0.15) is 5.82 Å². The molecule has 4 nitrogen and oxygen atoms in total. The molecule has 1 aromatic heterocycles. The summed E-state index contributed by atoms with van der Waals surface area (Å²) >= 11 is 0. The lowest BCUT2D eigenvalue weighted by atomic mass is 10.1. The zero-order valence-electron chi connectivity index (χ0n) is 11.5. The first-order valence-corrected chi connectivity index (χ1v) is 6.58. The number of aromatic nitrogens is 1. The maximum Gasteiger partial charge on any atom is 0.131 e. The lowest BCUT2D eigenvalue weighted by Crippen LogP contribution is -2.21. The van der Waals surface area contributed by atoms with Crippen molar-refractivity contribution in [3.8, 4) is 0 Å². The van der Waals surface area contributed by atoms with Gasteiger partial charge in [0.25, 0.3) is 0 Å². The Balaban J connectivity index is 1.92. The van der Waals surface area contributed by atoms with Gasteiger partial charge in [-0.1, -0.05) is 30.3 Å². The molecule has 0 aliphatic heterocycles. The molecule has 0 bridgehead atoms. The molecule has 1 N–H and O–H groups in total. The number of nitrogens with one attached hydrogen (secondary N) is 1. The molecule has 0 atom stereocenters. The summed E-state index contributed by atoms with van der Waals surface area (Å²) in [6, 6.07) is 16.3. The van der Waals surface area contributed by atoms with E-state index < -0.39 is 5.97 Å². The predicted molar refractivity (Wildman–Crippen MR) is 80.5 cm³/mol. The number of hydrogen-bond acceptors (Lipinski definition) is 4. The van der Waals surface area contributed by atoms with Gasteiger partial charge in [-0.05, 0) is 42.3 Å². The molecule has 0 aliphatic carbocycles. The Morgan fingerprint density at radius 2 is 1.81 bits per heavy atom. The van der Waals surface area contributed by atoms with Crippen molar-refractivity contribution >= 4 is 28.4 Å². The SMILES string of the molecule is Cc1cc(Nc2ccc(C(=O)[O-])cc2)nc2ccccc12. The van der Waals surface area contributed by atoms with Crippen LogP contribution in [-0.2, 0) is 0 Å². The summed E-state index contributed by atoms with van der Waals surface area (Å²) in [6.07, 6.45) is 0. The second-order valence-corrected chi connectivity index (χ2v) is 4.83. The van der Waals surface area contributed by atoms with E-state index in [4.69, 9.17) is 0 Å². The summed E-state index contributed by atoms with van der Waals surface area (Å²) in [7, 11) is 0. The quantitative estimate of drug-likeness (QED) is 0.799. The van der Waals surface area contributed by atoms with Crippen LogP contribution >= 0.6 is 0 Å². The molecule has 0 saturated carbocycles. The van der Waals surface area contributed by atoms with Gasteiger partial charge in [0, 0.05) is 11.1 Å². The molecule has 3 aromatic rings. The summed E-state index contributed by atoms with van der Waals surface area (Å²) in [5, 5.41) is 15.0. The van der Waals surface area contributed by atoms with Crippen LogP contribution in [0.1, 0.15) is 15.9 Å². The predicted octanol–water partition coefficient (Wildman–Crippen LogP) is 2.65. The first kappa shape index (κ1) is 13.1. The number of carboxylic acids is 1. The van der Waals surface area contributed by atoms with Gasteiger partial charge in [0.05, 0.1) is 11.5 Å². The van der Waals surface area contributed by atoms with E-state index in [1.807, 2.05) is 37.3 Å². The van der Waals surface area contributed by atoms with Gasteiger partial charge >= 0.3 is 0 Å². The van der Waals surface area contributed by atoms with Gasteiger partial charge in [-0.25, -0.2) is 4.98 Å². The molecule has 1 heterocycles. The molecule has 0 amide bonds. The number of aromatic carboxylic acids is 1. The first-order chi connectivity index (χ1) is 10.1. The first-order valence-electron chi connectivity index (χ1n) is 6.58. The molecule has 0 unspecified atom stereocenters. The molecule has 21 heavy (non-hydrogen) atoms. The molecule has 0 spiro atoms. The molecular weight excluding hydrogens is 264 g/mol. The average molecular weight is 277 g/mol.